The van der Waals surface area contributed by atoms with Crippen molar-refractivity contribution >= 4 is 17.4 Å². The van der Waals surface area contributed by atoms with Crippen molar-refractivity contribution in [3.63, 3.8) is 0 Å². The lowest BCUT2D eigenvalue weighted by molar-refractivity contribution is -0.0843. The molecule has 0 spiro atoms. The van der Waals surface area contributed by atoms with Gasteiger partial charge in [-0.15, -0.1) is 0 Å². The fraction of sp³-hybridized carbons (Fsp3) is 0.462. The van der Waals surface area contributed by atoms with E-state index in [2.05, 4.69) is 0 Å². The van der Waals surface area contributed by atoms with E-state index in [0.29, 0.717) is 17.1 Å². The fourth-order valence-corrected chi connectivity index (χ4v) is 2.39. The zero-order valence-corrected chi connectivity index (χ0v) is 11.9. The molecular weight excluding hydrogens is 272 g/mol. The molecule has 0 saturated carbocycles. The van der Waals surface area contributed by atoms with Gasteiger partial charge in [0.15, 0.2) is 11.5 Å². The van der Waals surface area contributed by atoms with E-state index in [1.165, 1.54) is 21.3 Å². The lowest BCUT2D eigenvalue weighted by Crippen LogP contribution is -2.37. The summed E-state index contributed by atoms with van der Waals surface area (Å²) >= 11 is 6.14. The maximum Gasteiger partial charge on any atom is 0.209 e. The highest BCUT2D eigenvalue weighted by molar-refractivity contribution is 6.34. The van der Waals surface area contributed by atoms with Crippen LogP contribution in [0.5, 0.6) is 17.2 Å². The van der Waals surface area contributed by atoms with Crippen LogP contribution in [-0.4, -0.2) is 33.4 Å². The van der Waals surface area contributed by atoms with Crippen molar-refractivity contribution in [2.45, 2.75) is 13.2 Å². The molecule has 0 fully saturated rings. The molecule has 0 saturated heterocycles. The molecule has 0 aliphatic carbocycles. The molecule has 2 rings (SSSR count). The SMILES string of the molecule is COc1cc2c(c(OC)c1Cl)C(=O)C(C)C(OC)O2. The summed E-state index contributed by atoms with van der Waals surface area (Å²) in [4.78, 5) is 12.4. The number of ether oxygens (including phenoxy) is 4. The van der Waals surface area contributed by atoms with Crippen LogP contribution in [0, 0.1) is 5.92 Å². The van der Waals surface area contributed by atoms with Crippen molar-refractivity contribution in [3.05, 3.63) is 16.7 Å². The van der Waals surface area contributed by atoms with Gasteiger partial charge in [0.1, 0.15) is 22.1 Å². The highest BCUT2D eigenvalue weighted by Gasteiger charge is 2.38. The standard InChI is InChI=1S/C13H15ClO5/c1-6-11(15)9-7(19-13(6)18-4)5-8(16-2)10(14)12(9)17-3/h5-6,13H,1-4H3. The Morgan fingerprint density at radius 3 is 2.47 bits per heavy atom. The molecule has 2 atom stereocenters. The van der Waals surface area contributed by atoms with Crippen LogP contribution in [0.1, 0.15) is 17.3 Å². The van der Waals surface area contributed by atoms with E-state index in [-0.39, 0.29) is 16.6 Å². The molecule has 0 bridgehead atoms. The molecule has 1 aliphatic heterocycles. The monoisotopic (exact) mass is 286 g/mol. The molecule has 104 valence electrons. The Hall–Kier alpha value is -1.46. The van der Waals surface area contributed by atoms with Crippen LogP contribution in [0.15, 0.2) is 6.07 Å². The van der Waals surface area contributed by atoms with E-state index in [0.717, 1.165) is 0 Å². The summed E-state index contributed by atoms with van der Waals surface area (Å²) < 4.78 is 21.2. The van der Waals surface area contributed by atoms with Crippen molar-refractivity contribution in [1.82, 2.24) is 0 Å². The van der Waals surface area contributed by atoms with Gasteiger partial charge in [-0.05, 0) is 6.92 Å². The topological polar surface area (TPSA) is 54.0 Å². The summed E-state index contributed by atoms with van der Waals surface area (Å²) in [6.45, 7) is 1.73. The van der Waals surface area contributed by atoms with Crippen LogP contribution < -0.4 is 14.2 Å². The minimum Gasteiger partial charge on any atom is -0.495 e. The van der Waals surface area contributed by atoms with Gasteiger partial charge in [-0.3, -0.25) is 4.79 Å². The van der Waals surface area contributed by atoms with E-state index in [1.807, 2.05) is 0 Å². The molecule has 6 heteroatoms. The molecule has 1 heterocycles. The maximum absolute atomic E-state index is 12.4. The quantitative estimate of drug-likeness (QED) is 0.855. The van der Waals surface area contributed by atoms with Gasteiger partial charge >= 0.3 is 0 Å². The molecule has 0 aromatic heterocycles. The van der Waals surface area contributed by atoms with Gasteiger partial charge in [-0.1, -0.05) is 11.6 Å². The Morgan fingerprint density at radius 1 is 1.26 bits per heavy atom. The predicted molar refractivity (Wildman–Crippen MR) is 69.5 cm³/mol. The highest BCUT2D eigenvalue weighted by atomic mass is 35.5. The van der Waals surface area contributed by atoms with Crippen molar-refractivity contribution < 1.29 is 23.7 Å². The van der Waals surface area contributed by atoms with E-state index in [9.17, 15) is 4.79 Å². The first-order valence-electron chi connectivity index (χ1n) is 5.73. The van der Waals surface area contributed by atoms with Gasteiger partial charge in [0.25, 0.3) is 0 Å². The average Bonchev–Trinajstić information content (AvgIpc) is 2.42. The second kappa shape index (κ2) is 5.27. The molecule has 1 aromatic rings. The van der Waals surface area contributed by atoms with Gasteiger partial charge in [-0.2, -0.15) is 0 Å². The Balaban J connectivity index is 2.64. The summed E-state index contributed by atoms with van der Waals surface area (Å²) in [6, 6.07) is 1.57. The van der Waals surface area contributed by atoms with Gasteiger partial charge in [0.2, 0.25) is 6.29 Å². The number of hydrogen-bond acceptors (Lipinski definition) is 5. The molecule has 1 aromatic carbocycles. The number of fused-ring (bicyclic) bond motifs is 1. The number of rotatable bonds is 3. The van der Waals surface area contributed by atoms with E-state index >= 15 is 0 Å². The van der Waals surface area contributed by atoms with Gasteiger partial charge in [-0.25, -0.2) is 0 Å². The van der Waals surface area contributed by atoms with Crippen LogP contribution in [0.2, 0.25) is 5.02 Å². The summed E-state index contributed by atoms with van der Waals surface area (Å²) in [7, 11) is 4.42. The molecule has 0 N–H and O–H groups in total. The van der Waals surface area contributed by atoms with E-state index in [4.69, 9.17) is 30.5 Å². The van der Waals surface area contributed by atoms with Crippen LogP contribution in [0.25, 0.3) is 0 Å². The van der Waals surface area contributed by atoms with Crippen molar-refractivity contribution in [2.24, 2.45) is 5.92 Å². The Labute approximate surface area is 116 Å². The third kappa shape index (κ3) is 2.13. The maximum atomic E-state index is 12.4. The lowest BCUT2D eigenvalue weighted by atomic mass is 9.94. The molecule has 0 amide bonds. The summed E-state index contributed by atoms with van der Waals surface area (Å²) in [5, 5.41) is 0.253. The highest BCUT2D eigenvalue weighted by Crippen LogP contribution is 2.46. The van der Waals surface area contributed by atoms with Crippen LogP contribution in [0.3, 0.4) is 0 Å². The summed E-state index contributed by atoms with van der Waals surface area (Å²) in [6.07, 6.45) is -0.629. The number of halogens is 1. The van der Waals surface area contributed by atoms with Crippen molar-refractivity contribution in [1.29, 1.82) is 0 Å². The zero-order valence-electron chi connectivity index (χ0n) is 11.2. The number of carbonyl (C=O) groups is 1. The van der Waals surface area contributed by atoms with Crippen molar-refractivity contribution in [2.75, 3.05) is 21.3 Å². The molecule has 1 aliphatic rings. The third-order valence-corrected chi connectivity index (χ3v) is 3.48. The minimum absolute atomic E-state index is 0.130. The summed E-state index contributed by atoms with van der Waals surface area (Å²) in [5.74, 6) is 0.440. The van der Waals surface area contributed by atoms with Gasteiger partial charge < -0.3 is 18.9 Å². The van der Waals surface area contributed by atoms with Gasteiger partial charge in [0.05, 0.1) is 20.1 Å². The minimum atomic E-state index is -0.629. The molecular formula is C13H15ClO5. The third-order valence-electron chi connectivity index (χ3n) is 3.12. The molecule has 0 radical (unpaired) electrons. The van der Waals surface area contributed by atoms with Crippen LogP contribution in [-0.2, 0) is 4.74 Å². The number of Topliss-reactive ketones (excluding diaryl/α,β-unsaturated/α-hetero) is 1. The number of benzene rings is 1. The number of methoxy groups -OCH3 is 3. The molecule has 5 nitrogen and oxygen atoms in total. The molecule has 19 heavy (non-hydrogen) atoms. The number of hydrogen-bond donors (Lipinski definition) is 0. The second-order valence-corrected chi connectivity index (χ2v) is 4.55. The molecule has 2 unspecified atom stereocenters. The smallest absolute Gasteiger partial charge is 0.209 e. The largest absolute Gasteiger partial charge is 0.495 e. The fourth-order valence-electron chi connectivity index (χ4n) is 2.09. The first kappa shape index (κ1) is 14.0. The van der Waals surface area contributed by atoms with Crippen molar-refractivity contribution in [3.8, 4) is 17.2 Å². The Bertz CT molecular complexity index is 514. The first-order valence-corrected chi connectivity index (χ1v) is 6.11. The normalized spacial score (nSPS) is 21.6. The number of ketones is 1. The number of carbonyl (C=O) groups excluding carboxylic acids is 1. The first-order chi connectivity index (χ1) is 9.04. The second-order valence-electron chi connectivity index (χ2n) is 4.17. The van der Waals surface area contributed by atoms with E-state index in [1.54, 1.807) is 13.0 Å². The zero-order chi connectivity index (χ0) is 14.2. The average molecular weight is 287 g/mol. The van der Waals surface area contributed by atoms with Crippen LogP contribution in [0.4, 0.5) is 0 Å². The van der Waals surface area contributed by atoms with Crippen LogP contribution >= 0.6 is 11.6 Å². The Morgan fingerprint density at radius 2 is 1.95 bits per heavy atom. The summed E-state index contributed by atoms with van der Waals surface area (Å²) in [5.41, 5.74) is 0.328. The van der Waals surface area contributed by atoms with E-state index < -0.39 is 12.2 Å². The van der Waals surface area contributed by atoms with Gasteiger partial charge in [0, 0.05) is 13.2 Å². The predicted octanol–water partition coefficient (Wildman–Crippen LogP) is 2.54. The lowest BCUT2D eigenvalue weighted by Gasteiger charge is -2.30. The Kier molecular flexibility index (Phi) is 3.87.